The minimum absolute atomic E-state index is 0.418. The van der Waals surface area contributed by atoms with Gasteiger partial charge in [0, 0.05) is 56.0 Å². The number of hydrogen-bond donors (Lipinski definition) is 0. The Balaban J connectivity index is 1.44. The molecule has 0 aliphatic rings. The number of rotatable bonds is 14. The van der Waals surface area contributed by atoms with Crippen molar-refractivity contribution < 1.29 is 23.7 Å². The lowest BCUT2D eigenvalue weighted by Crippen LogP contribution is -2.18. The summed E-state index contributed by atoms with van der Waals surface area (Å²) >= 11 is 0. The lowest BCUT2D eigenvalue weighted by Gasteiger charge is -2.17. The van der Waals surface area contributed by atoms with Crippen LogP contribution in [0.3, 0.4) is 0 Å². The van der Waals surface area contributed by atoms with Crippen molar-refractivity contribution >= 4 is 5.95 Å². The Bertz CT molecular complexity index is 1680. The van der Waals surface area contributed by atoms with Crippen LogP contribution in [0.4, 0.5) is 5.95 Å². The summed E-state index contributed by atoms with van der Waals surface area (Å²) < 4.78 is 29.6. The van der Waals surface area contributed by atoms with Crippen LogP contribution in [0.1, 0.15) is 22.6 Å². The highest BCUT2D eigenvalue weighted by atomic mass is 16.5. The van der Waals surface area contributed by atoms with E-state index in [2.05, 4.69) is 15.0 Å². The van der Waals surface area contributed by atoms with E-state index in [1.54, 1.807) is 45.4 Å². The molecule has 3 aromatic heterocycles. The topological polar surface area (TPSA) is 119 Å². The van der Waals surface area contributed by atoms with Gasteiger partial charge in [0.2, 0.25) is 11.8 Å². The van der Waals surface area contributed by atoms with E-state index in [9.17, 15) is 0 Å². The number of anilines is 1. The Morgan fingerprint density at radius 3 is 2.39 bits per heavy atom. The van der Waals surface area contributed by atoms with Crippen molar-refractivity contribution in [1.29, 1.82) is 0 Å². The fraction of sp³-hybridized carbons (Fsp3) is 0.281. The van der Waals surface area contributed by atoms with Crippen LogP contribution in [0.25, 0.3) is 5.82 Å². The maximum absolute atomic E-state index is 5.95. The first-order valence-corrected chi connectivity index (χ1v) is 13.9. The van der Waals surface area contributed by atoms with Crippen LogP contribution < -0.4 is 28.6 Å². The molecule has 0 bridgehead atoms. The predicted octanol–water partition coefficient (Wildman–Crippen LogP) is 4.34. The predicted molar refractivity (Wildman–Crippen MR) is 164 cm³/mol. The zero-order valence-corrected chi connectivity index (χ0v) is 25.4. The summed E-state index contributed by atoms with van der Waals surface area (Å²) in [6.07, 6.45) is 4.33. The Labute approximate surface area is 256 Å². The molecular formula is C32H35N7O5. The van der Waals surface area contributed by atoms with E-state index in [0.717, 1.165) is 22.6 Å². The van der Waals surface area contributed by atoms with Crippen molar-refractivity contribution in [2.24, 2.45) is 0 Å². The molecule has 2 aromatic carbocycles. The molecule has 0 fully saturated rings. The number of aromatic nitrogens is 6. The number of methoxy groups -OCH3 is 4. The van der Waals surface area contributed by atoms with Gasteiger partial charge in [-0.25, -0.2) is 9.97 Å². The van der Waals surface area contributed by atoms with Gasteiger partial charge in [0.05, 0.1) is 35.0 Å². The van der Waals surface area contributed by atoms with Gasteiger partial charge in [-0.15, -0.1) is 5.10 Å². The smallest absolute Gasteiger partial charge is 0.245 e. The van der Waals surface area contributed by atoms with Gasteiger partial charge in [-0.3, -0.25) is 4.98 Å². The quantitative estimate of drug-likeness (QED) is 0.182. The summed E-state index contributed by atoms with van der Waals surface area (Å²) in [5, 5.41) is 4.86. The Morgan fingerprint density at radius 1 is 0.795 bits per heavy atom. The molecule has 0 aliphatic carbocycles. The normalized spacial score (nSPS) is 10.8. The van der Waals surface area contributed by atoms with Gasteiger partial charge in [-0.1, -0.05) is 12.1 Å². The summed E-state index contributed by atoms with van der Waals surface area (Å²) in [5.41, 5.74) is 2.86. The van der Waals surface area contributed by atoms with Gasteiger partial charge in [-0.05, 0) is 42.0 Å². The zero-order chi connectivity index (χ0) is 30.9. The molecule has 0 N–H and O–H groups in total. The lowest BCUT2D eigenvalue weighted by molar-refractivity contribution is 0.307. The molecule has 44 heavy (non-hydrogen) atoms. The Morgan fingerprint density at radius 2 is 1.64 bits per heavy atom. The van der Waals surface area contributed by atoms with Crippen molar-refractivity contribution in [2.45, 2.75) is 19.4 Å². The minimum Gasteiger partial charge on any atom is -0.497 e. The highest BCUT2D eigenvalue weighted by Gasteiger charge is 2.19. The molecule has 5 rings (SSSR count). The average molecular weight is 598 g/mol. The molecule has 12 heteroatoms. The zero-order valence-electron chi connectivity index (χ0n) is 25.4. The van der Waals surface area contributed by atoms with Crippen LogP contribution in [-0.4, -0.2) is 71.8 Å². The first-order valence-electron chi connectivity index (χ1n) is 13.9. The van der Waals surface area contributed by atoms with E-state index in [0.29, 0.717) is 66.7 Å². The summed E-state index contributed by atoms with van der Waals surface area (Å²) in [5.74, 6) is 4.84. The molecule has 0 radical (unpaired) electrons. The Hall–Kier alpha value is -5.39. The van der Waals surface area contributed by atoms with Gasteiger partial charge in [-0.2, -0.15) is 9.67 Å². The molecule has 228 valence electrons. The fourth-order valence-corrected chi connectivity index (χ4v) is 4.60. The fourth-order valence-electron chi connectivity index (χ4n) is 4.60. The summed E-state index contributed by atoms with van der Waals surface area (Å²) in [4.78, 5) is 20.0. The maximum atomic E-state index is 5.95. The van der Waals surface area contributed by atoms with Crippen LogP contribution in [0.5, 0.6) is 28.9 Å². The summed E-state index contributed by atoms with van der Waals surface area (Å²) in [6, 6.07) is 19.0. The first-order chi connectivity index (χ1) is 21.5. The standard InChI is InChI=1S/C32H35N7O5/c1-38(20-23-10-11-25(40-2)18-27(23)42-4)32-36-30(17-22-9-12-26(41-3)28(16-22)43-5)39(37-32)29-19-31(35-21-34-29)44-15-13-24-8-6-7-14-33-24/h6-12,14,16,18-19,21H,13,15,17,20H2,1-5H3. The summed E-state index contributed by atoms with van der Waals surface area (Å²) in [7, 11) is 8.41. The lowest BCUT2D eigenvalue weighted by atomic mass is 10.1. The second-order valence-corrected chi connectivity index (χ2v) is 9.77. The third-order valence-corrected chi connectivity index (χ3v) is 6.90. The van der Waals surface area contributed by atoms with Crippen LogP contribution in [0.2, 0.25) is 0 Å². The van der Waals surface area contributed by atoms with Gasteiger partial charge < -0.3 is 28.6 Å². The molecule has 0 unspecified atom stereocenters. The van der Waals surface area contributed by atoms with E-state index in [1.807, 2.05) is 66.5 Å². The van der Waals surface area contributed by atoms with Gasteiger partial charge in [0.15, 0.2) is 17.3 Å². The molecule has 0 saturated heterocycles. The number of ether oxygens (including phenoxy) is 5. The van der Waals surface area contributed by atoms with E-state index >= 15 is 0 Å². The van der Waals surface area contributed by atoms with Crippen molar-refractivity contribution in [3.05, 3.63) is 95.8 Å². The van der Waals surface area contributed by atoms with Crippen LogP contribution in [0.15, 0.2) is 73.2 Å². The number of benzene rings is 2. The van der Waals surface area contributed by atoms with Crippen LogP contribution >= 0.6 is 0 Å². The summed E-state index contributed by atoms with van der Waals surface area (Å²) in [6.45, 7) is 0.916. The molecule has 0 aliphatic heterocycles. The minimum atomic E-state index is 0.418. The monoisotopic (exact) mass is 597 g/mol. The molecule has 12 nitrogen and oxygen atoms in total. The van der Waals surface area contributed by atoms with E-state index in [-0.39, 0.29) is 0 Å². The third-order valence-electron chi connectivity index (χ3n) is 6.90. The molecule has 0 saturated carbocycles. The van der Waals surface area contributed by atoms with E-state index in [4.69, 9.17) is 33.8 Å². The van der Waals surface area contributed by atoms with Crippen molar-refractivity contribution in [1.82, 2.24) is 29.7 Å². The third kappa shape index (κ3) is 7.14. The molecule has 0 amide bonds. The maximum Gasteiger partial charge on any atom is 0.245 e. The second-order valence-electron chi connectivity index (χ2n) is 9.77. The van der Waals surface area contributed by atoms with Gasteiger partial charge in [0.1, 0.15) is 23.7 Å². The van der Waals surface area contributed by atoms with Crippen molar-refractivity contribution in [2.75, 3.05) is 47.0 Å². The van der Waals surface area contributed by atoms with Gasteiger partial charge >= 0.3 is 0 Å². The molecular weight excluding hydrogens is 562 g/mol. The van der Waals surface area contributed by atoms with Crippen molar-refractivity contribution in [3.8, 4) is 34.7 Å². The number of nitrogens with zero attached hydrogens (tertiary/aromatic N) is 7. The number of hydrogen-bond acceptors (Lipinski definition) is 11. The molecule has 0 atom stereocenters. The van der Waals surface area contributed by atoms with Crippen molar-refractivity contribution in [3.63, 3.8) is 0 Å². The highest BCUT2D eigenvalue weighted by Crippen LogP contribution is 2.30. The largest absolute Gasteiger partial charge is 0.497 e. The first kappa shape index (κ1) is 30.1. The molecule has 0 spiro atoms. The Kier molecular flexibility index (Phi) is 9.70. The van der Waals surface area contributed by atoms with E-state index in [1.165, 1.54) is 6.33 Å². The van der Waals surface area contributed by atoms with Crippen LogP contribution in [-0.2, 0) is 19.4 Å². The number of pyridine rings is 1. The molecule has 5 aromatic rings. The highest BCUT2D eigenvalue weighted by molar-refractivity contribution is 5.46. The second kappa shape index (κ2) is 14.2. The van der Waals surface area contributed by atoms with E-state index < -0.39 is 0 Å². The molecule has 3 heterocycles. The SMILES string of the molecule is COc1ccc(CN(C)c2nc(Cc3ccc(OC)c(OC)c3)n(-c3cc(OCCc4ccccn4)ncn3)n2)c(OC)c1. The van der Waals surface area contributed by atoms with Gasteiger partial charge in [0.25, 0.3) is 0 Å². The van der Waals surface area contributed by atoms with Crippen LogP contribution in [0, 0.1) is 0 Å². The average Bonchev–Trinajstić information content (AvgIpc) is 3.49.